The molecule has 21 heavy (non-hydrogen) atoms. The van der Waals surface area contributed by atoms with Crippen LogP contribution in [0.2, 0.25) is 0 Å². The van der Waals surface area contributed by atoms with Crippen LogP contribution in [0.5, 0.6) is 0 Å². The molecule has 2 heterocycles. The van der Waals surface area contributed by atoms with Crippen molar-refractivity contribution in [1.82, 2.24) is 13.9 Å². The largest absolute Gasteiger partial charge is 0.481 e. The van der Waals surface area contributed by atoms with E-state index in [0.717, 1.165) is 0 Å². The summed E-state index contributed by atoms with van der Waals surface area (Å²) >= 11 is 0. The summed E-state index contributed by atoms with van der Waals surface area (Å²) in [4.78, 5) is 22.9. The first-order valence-electron chi connectivity index (χ1n) is 6.98. The predicted molar refractivity (Wildman–Crippen MR) is 74.6 cm³/mol. The molecule has 1 spiro atoms. The second kappa shape index (κ2) is 5.54. The van der Waals surface area contributed by atoms with Gasteiger partial charge in [-0.2, -0.15) is 17.0 Å². The summed E-state index contributed by atoms with van der Waals surface area (Å²) in [6, 6.07) is 0. The van der Waals surface area contributed by atoms with Crippen molar-refractivity contribution >= 4 is 22.1 Å². The number of carboxylic acids is 1. The third-order valence-corrected chi connectivity index (χ3v) is 6.59. The van der Waals surface area contributed by atoms with Gasteiger partial charge in [0, 0.05) is 33.1 Å². The van der Waals surface area contributed by atoms with Crippen LogP contribution in [-0.4, -0.2) is 66.2 Å². The molecule has 0 aliphatic carbocycles. The van der Waals surface area contributed by atoms with Crippen molar-refractivity contribution in [1.29, 1.82) is 0 Å². The number of nitrogens with one attached hydrogen (secondary N) is 1. The normalized spacial score (nSPS) is 26.2. The molecular weight excluding hydrogens is 298 g/mol. The maximum atomic E-state index is 12.2. The van der Waals surface area contributed by atoms with Crippen molar-refractivity contribution in [2.45, 2.75) is 31.7 Å². The summed E-state index contributed by atoms with van der Waals surface area (Å²) < 4.78 is 27.1. The number of carbonyl (C=O) groups excluding carboxylic acids is 1. The minimum absolute atomic E-state index is 0.0308. The van der Waals surface area contributed by atoms with Gasteiger partial charge in [-0.1, -0.05) is 6.92 Å². The molecule has 0 saturated carbocycles. The van der Waals surface area contributed by atoms with E-state index in [9.17, 15) is 23.1 Å². The summed E-state index contributed by atoms with van der Waals surface area (Å²) in [6.45, 7) is 2.56. The van der Waals surface area contributed by atoms with Gasteiger partial charge in [-0.3, -0.25) is 9.59 Å². The molecule has 2 saturated heterocycles. The maximum absolute atomic E-state index is 12.2. The van der Waals surface area contributed by atoms with Crippen molar-refractivity contribution in [2.75, 3.05) is 26.7 Å². The van der Waals surface area contributed by atoms with Crippen LogP contribution in [0.25, 0.3) is 0 Å². The van der Waals surface area contributed by atoms with Crippen LogP contribution in [0.1, 0.15) is 26.2 Å². The molecular formula is C12H21N3O5S. The molecule has 2 aliphatic heterocycles. The molecule has 1 atom stereocenters. The summed E-state index contributed by atoms with van der Waals surface area (Å²) in [6.07, 6.45) is 0.621. The van der Waals surface area contributed by atoms with Gasteiger partial charge in [-0.05, 0) is 12.8 Å². The molecule has 120 valence electrons. The van der Waals surface area contributed by atoms with Gasteiger partial charge in [0.1, 0.15) is 0 Å². The van der Waals surface area contributed by atoms with E-state index in [-0.39, 0.29) is 25.4 Å². The molecule has 0 aromatic rings. The van der Waals surface area contributed by atoms with Crippen LogP contribution in [0, 0.1) is 5.92 Å². The first-order valence-corrected chi connectivity index (χ1v) is 8.38. The molecule has 0 bridgehead atoms. The Hall–Kier alpha value is -1.19. The van der Waals surface area contributed by atoms with Gasteiger partial charge in [0.15, 0.2) is 0 Å². The quantitative estimate of drug-likeness (QED) is 0.708. The zero-order chi connectivity index (χ0) is 15.8. The van der Waals surface area contributed by atoms with E-state index < -0.39 is 27.6 Å². The Morgan fingerprint density at radius 1 is 1.48 bits per heavy atom. The third-order valence-electron chi connectivity index (χ3n) is 4.52. The topological polar surface area (TPSA) is 107 Å². The van der Waals surface area contributed by atoms with E-state index in [1.807, 2.05) is 0 Å². The smallest absolute Gasteiger partial charge is 0.309 e. The van der Waals surface area contributed by atoms with Gasteiger partial charge in [0.05, 0.1) is 11.5 Å². The van der Waals surface area contributed by atoms with Crippen LogP contribution < -0.4 is 5.32 Å². The molecule has 2 rings (SSSR count). The Bertz CT molecular complexity index is 539. The molecule has 9 heteroatoms. The lowest BCUT2D eigenvalue weighted by Gasteiger charge is -2.41. The first-order chi connectivity index (χ1) is 9.73. The van der Waals surface area contributed by atoms with E-state index in [1.54, 1.807) is 6.92 Å². The average Bonchev–Trinajstić information content (AvgIpc) is 2.75. The number of piperidine rings is 1. The van der Waals surface area contributed by atoms with E-state index in [1.165, 1.54) is 15.7 Å². The summed E-state index contributed by atoms with van der Waals surface area (Å²) in [5, 5.41) is 12.0. The molecule has 8 nitrogen and oxygen atoms in total. The van der Waals surface area contributed by atoms with Crippen LogP contribution in [0.15, 0.2) is 0 Å². The Morgan fingerprint density at radius 3 is 2.52 bits per heavy atom. The number of carboxylic acid groups (broad SMARTS) is 1. The highest BCUT2D eigenvalue weighted by atomic mass is 32.2. The molecule has 0 radical (unpaired) electrons. The fraction of sp³-hybridized carbons (Fsp3) is 0.833. The lowest BCUT2D eigenvalue weighted by Crippen LogP contribution is -2.57. The highest BCUT2D eigenvalue weighted by Crippen LogP contribution is 2.37. The number of carbonyl (C=O) groups is 2. The fourth-order valence-electron chi connectivity index (χ4n) is 3.07. The first kappa shape index (κ1) is 16.2. The summed E-state index contributed by atoms with van der Waals surface area (Å²) in [7, 11) is -1.99. The predicted octanol–water partition coefficient (Wildman–Crippen LogP) is -0.762. The number of hydrogen-bond donors (Lipinski definition) is 2. The van der Waals surface area contributed by atoms with Gasteiger partial charge in [0.2, 0.25) is 5.91 Å². The van der Waals surface area contributed by atoms with Crippen LogP contribution in [0.4, 0.5) is 0 Å². The molecule has 2 fully saturated rings. The van der Waals surface area contributed by atoms with Crippen molar-refractivity contribution in [3.8, 4) is 0 Å². The number of aliphatic carboxylic acids is 1. The van der Waals surface area contributed by atoms with Gasteiger partial charge in [-0.25, -0.2) is 0 Å². The summed E-state index contributed by atoms with van der Waals surface area (Å²) in [5.41, 5.74) is -0.806. The van der Waals surface area contributed by atoms with E-state index in [0.29, 0.717) is 19.4 Å². The minimum atomic E-state index is -3.50. The zero-order valence-electron chi connectivity index (χ0n) is 12.2. The van der Waals surface area contributed by atoms with Gasteiger partial charge < -0.3 is 10.4 Å². The van der Waals surface area contributed by atoms with Crippen LogP contribution >= 0.6 is 0 Å². The lowest BCUT2D eigenvalue weighted by molar-refractivity contribution is -0.144. The van der Waals surface area contributed by atoms with Gasteiger partial charge >= 0.3 is 5.97 Å². The Balaban J connectivity index is 2.13. The second-order valence-corrected chi connectivity index (χ2v) is 7.66. The van der Waals surface area contributed by atoms with Gasteiger partial charge in [-0.15, -0.1) is 0 Å². The fourth-order valence-corrected chi connectivity index (χ4v) is 4.43. The van der Waals surface area contributed by atoms with Crippen molar-refractivity contribution in [2.24, 2.45) is 5.92 Å². The van der Waals surface area contributed by atoms with Crippen molar-refractivity contribution in [3.05, 3.63) is 0 Å². The van der Waals surface area contributed by atoms with Crippen molar-refractivity contribution < 1.29 is 23.1 Å². The SMILES string of the molecule is CCN(C)S(=O)(=O)N1CCC2(CC1)NC(=O)CC2C(=O)O. The zero-order valence-corrected chi connectivity index (χ0v) is 13.0. The maximum Gasteiger partial charge on any atom is 0.309 e. The molecule has 1 unspecified atom stereocenters. The Kier molecular flexibility index (Phi) is 4.27. The Morgan fingerprint density at radius 2 is 2.05 bits per heavy atom. The highest BCUT2D eigenvalue weighted by Gasteiger charge is 2.52. The summed E-state index contributed by atoms with van der Waals surface area (Å²) in [5.74, 6) is -2.06. The van der Waals surface area contributed by atoms with E-state index in [2.05, 4.69) is 5.32 Å². The molecule has 2 aliphatic rings. The second-order valence-electron chi connectivity index (χ2n) is 5.62. The van der Waals surface area contributed by atoms with Crippen LogP contribution in [0.3, 0.4) is 0 Å². The average molecular weight is 319 g/mol. The molecule has 0 aromatic heterocycles. The number of nitrogens with zero attached hydrogens (tertiary/aromatic N) is 2. The Labute approximate surface area is 124 Å². The number of hydrogen-bond acceptors (Lipinski definition) is 4. The van der Waals surface area contributed by atoms with E-state index >= 15 is 0 Å². The van der Waals surface area contributed by atoms with Crippen molar-refractivity contribution in [3.63, 3.8) is 0 Å². The number of rotatable bonds is 4. The minimum Gasteiger partial charge on any atom is -0.481 e. The van der Waals surface area contributed by atoms with Crippen LogP contribution in [-0.2, 0) is 19.8 Å². The highest BCUT2D eigenvalue weighted by molar-refractivity contribution is 7.86. The molecule has 2 N–H and O–H groups in total. The number of amides is 1. The monoisotopic (exact) mass is 319 g/mol. The third kappa shape index (κ3) is 2.77. The molecule has 0 aromatic carbocycles. The molecule has 1 amide bonds. The van der Waals surface area contributed by atoms with E-state index in [4.69, 9.17) is 0 Å². The standard InChI is InChI=1S/C12H21N3O5S/c1-3-14(2)21(19,20)15-6-4-12(5-7-15)9(11(17)18)8-10(16)13-12/h9H,3-8H2,1-2H3,(H,13,16)(H,17,18). The lowest BCUT2D eigenvalue weighted by atomic mass is 9.78. The van der Waals surface area contributed by atoms with Gasteiger partial charge in [0.25, 0.3) is 10.2 Å².